The van der Waals surface area contributed by atoms with Crippen LogP contribution in [0.4, 0.5) is 5.69 Å². The maximum Gasteiger partial charge on any atom is 0.264 e. The fourth-order valence-electron chi connectivity index (χ4n) is 5.38. The summed E-state index contributed by atoms with van der Waals surface area (Å²) in [5.74, 6) is -0.392. The van der Waals surface area contributed by atoms with E-state index in [1.807, 2.05) is 17.9 Å². The first-order chi connectivity index (χ1) is 14.1. The number of nitrogens with one attached hydrogen (secondary N) is 1. The fraction of sp³-hybridized carbons (Fsp3) is 0.292. The van der Waals surface area contributed by atoms with Crippen LogP contribution in [0.2, 0.25) is 0 Å². The summed E-state index contributed by atoms with van der Waals surface area (Å²) in [6.45, 7) is 8.49. The van der Waals surface area contributed by atoms with Crippen LogP contribution >= 0.6 is 24.0 Å². The predicted molar refractivity (Wildman–Crippen MR) is 126 cm³/mol. The lowest BCUT2D eigenvalue weighted by Crippen LogP contribution is -2.54. The molecule has 1 saturated heterocycles. The highest BCUT2D eigenvalue weighted by molar-refractivity contribution is 8.27. The molecule has 0 aromatic heterocycles. The monoisotopic (exact) mass is 434 g/mol. The molecule has 3 aliphatic rings. The Bertz CT molecular complexity index is 1180. The molecule has 5 rings (SSSR count). The first-order valence-electron chi connectivity index (χ1n) is 9.97. The minimum atomic E-state index is -0.417. The molecule has 1 unspecified atom stereocenters. The lowest BCUT2D eigenvalue weighted by molar-refractivity contribution is -0.116. The van der Waals surface area contributed by atoms with E-state index in [1.165, 1.54) is 17.3 Å². The molecule has 3 aliphatic heterocycles. The van der Waals surface area contributed by atoms with Crippen LogP contribution in [0.1, 0.15) is 49.4 Å². The third-order valence-electron chi connectivity index (χ3n) is 6.52. The number of hydrogen-bond donors (Lipinski definition) is 1. The van der Waals surface area contributed by atoms with Crippen LogP contribution < -0.4 is 10.2 Å². The minimum absolute atomic E-state index is 0.108. The van der Waals surface area contributed by atoms with Gasteiger partial charge in [0.15, 0.2) is 0 Å². The van der Waals surface area contributed by atoms with Gasteiger partial charge in [-0.05, 0) is 43.9 Å². The maximum absolute atomic E-state index is 13.8. The Morgan fingerprint density at radius 3 is 2.40 bits per heavy atom. The molecule has 0 radical (unpaired) electrons. The summed E-state index contributed by atoms with van der Waals surface area (Å²) in [5, 5.41) is 2.67. The highest BCUT2D eigenvalue weighted by Crippen LogP contribution is 2.57. The molecule has 2 aromatic carbocycles. The largest absolute Gasteiger partial charge is 0.307 e. The third-order valence-corrected chi connectivity index (χ3v) is 7.75. The molecule has 6 heteroatoms. The van der Waals surface area contributed by atoms with Crippen molar-refractivity contribution in [2.75, 3.05) is 4.90 Å². The van der Waals surface area contributed by atoms with Crippen molar-refractivity contribution in [1.29, 1.82) is 0 Å². The second-order valence-electron chi connectivity index (χ2n) is 9.03. The molecule has 2 amide bonds. The molecule has 0 spiro atoms. The fourth-order valence-corrected chi connectivity index (χ4v) is 6.48. The van der Waals surface area contributed by atoms with E-state index in [0.29, 0.717) is 14.8 Å². The number of benzene rings is 2. The van der Waals surface area contributed by atoms with Crippen molar-refractivity contribution in [3.8, 4) is 0 Å². The van der Waals surface area contributed by atoms with Crippen molar-refractivity contribution in [1.82, 2.24) is 5.32 Å². The highest BCUT2D eigenvalue weighted by Gasteiger charge is 2.54. The SMILES string of the molecule is Cc1ccc2c3c1/C(=C1/SC(=S)NC1=O)C(=O)N3C(C)(C)CC2(C)c1ccccc1. The summed E-state index contributed by atoms with van der Waals surface area (Å²) >= 11 is 6.38. The number of carbonyl (C=O) groups excluding carboxylic acids is 2. The van der Waals surface area contributed by atoms with Gasteiger partial charge in [0, 0.05) is 16.5 Å². The Morgan fingerprint density at radius 2 is 1.77 bits per heavy atom. The quantitative estimate of drug-likeness (QED) is 0.523. The van der Waals surface area contributed by atoms with Crippen LogP contribution in [0.15, 0.2) is 47.4 Å². The summed E-state index contributed by atoms with van der Waals surface area (Å²) in [5.41, 5.74) is 4.98. The molecule has 0 aliphatic carbocycles. The Labute approximate surface area is 185 Å². The van der Waals surface area contributed by atoms with Gasteiger partial charge in [0.1, 0.15) is 4.32 Å². The summed E-state index contributed by atoms with van der Waals surface area (Å²) in [6, 6.07) is 14.7. The lowest BCUT2D eigenvalue weighted by Gasteiger charge is -2.49. The second kappa shape index (κ2) is 6.28. The van der Waals surface area contributed by atoms with E-state index in [4.69, 9.17) is 12.2 Å². The summed E-state index contributed by atoms with van der Waals surface area (Å²) in [7, 11) is 0. The van der Waals surface area contributed by atoms with Crippen LogP contribution in [0, 0.1) is 6.92 Å². The highest BCUT2D eigenvalue weighted by atomic mass is 32.2. The third kappa shape index (κ3) is 2.50. The number of amides is 2. The minimum Gasteiger partial charge on any atom is -0.307 e. The van der Waals surface area contributed by atoms with Gasteiger partial charge >= 0.3 is 0 Å². The van der Waals surface area contributed by atoms with E-state index < -0.39 is 5.54 Å². The van der Waals surface area contributed by atoms with Gasteiger partial charge in [-0.3, -0.25) is 9.59 Å². The van der Waals surface area contributed by atoms with Gasteiger partial charge in [-0.2, -0.15) is 0 Å². The van der Waals surface area contributed by atoms with Gasteiger partial charge in [-0.25, -0.2) is 0 Å². The average Bonchev–Trinajstić information content (AvgIpc) is 3.17. The molecule has 30 heavy (non-hydrogen) atoms. The number of thiocarbonyl (C=S) groups is 1. The van der Waals surface area contributed by atoms with E-state index in [9.17, 15) is 9.59 Å². The molecule has 0 bridgehead atoms. The van der Waals surface area contributed by atoms with E-state index in [2.05, 4.69) is 62.5 Å². The first kappa shape index (κ1) is 19.5. The number of carbonyl (C=O) groups is 2. The predicted octanol–water partition coefficient (Wildman–Crippen LogP) is 4.69. The Kier molecular flexibility index (Phi) is 4.09. The summed E-state index contributed by atoms with van der Waals surface area (Å²) in [6.07, 6.45) is 0.783. The van der Waals surface area contributed by atoms with Crippen molar-refractivity contribution in [2.24, 2.45) is 0 Å². The zero-order chi connectivity index (χ0) is 21.4. The second-order valence-corrected chi connectivity index (χ2v) is 10.7. The number of aryl methyl sites for hydroxylation is 1. The molecular formula is C24H22N2O2S2. The molecule has 4 nitrogen and oxygen atoms in total. The van der Waals surface area contributed by atoms with Gasteiger partial charge in [-0.15, -0.1) is 0 Å². The van der Waals surface area contributed by atoms with Crippen molar-refractivity contribution in [3.05, 3.63) is 69.6 Å². The molecule has 2 aromatic rings. The molecule has 1 fully saturated rings. The molecule has 3 heterocycles. The lowest BCUT2D eigenvalue weighted by atomic mass is 9.65. The van der Waals surface area contributed by atoms with Crippen molar-refractivity contribution >= 4 is 51.4 Å². The van der Waals surface area contributed by atoms with Crippen LogP contribution in [-0.2, 0) is 15.0 Å². The smallest absolute Gasteiger partial charge is 0.264 e. The zero-order valence-electron chi connectivity index (χ0n) is 17.3. The summed E-state index contributed by atoms with van der Waals surface area (Å²) in [4.78, 5) is 28.7. The molecule has 1 atom stereocenters. The Hall–Kier alpha value is -2.44. The molecule has 0 saturated carbocycles. The van der Waals surface area contributed by atoms with Gasteiger partial charge < -0.3 is 10.2 Å². The van der Waals surface area contributed by atoms with Gasteiger partial charge in [0.2, 0.25) is 0 Å². The van der Waals surface area contributed by atoms with Gasteiger partial charge in [0.05, 0.1) is 16.2 Å². The average molecular weight is 435 g/mol. The van der Waals surface area contributed by atoms with E-state index in [1.54, 1.807) is 0 Å². The summed E-state index contributed by atoms with van der Waals surface area (Å²) < 4.78 is 0.396. The van der Waals surface area contributed by atoms with Crippen LogP contribution in [0.25, 0.3) is 5.57 Å². The van der Waals surface area contributed by atoms with E-state index in [0.717, 1.165) is 28.8 Å². The number of hydrogen-bond acceptors (Lipinski definition) is 4. The number of nitrogens with zero attached hydrogens (tertiary/aromatic N) is 1. The van der Waals surface area contributed by atoms with Crippen LogP contribution in [0.3, 0.4) is 0 Å². The maximum atomic E-state index is 13.8. The van der Waals surface area contributed by atoms with Gasteiger partial charge in [0.25, 0.3) is 11.8 Å². The number of anilines is 1. The number of thioether (sulfide) groups is 1. The van der Waals surface area contributed by atoms with E-state index in [-0.39, 0.29) is 17.2 Å². The van der Waals surface area contributed by atoms with Crippen LogP contribution in [-0.4, -0.2) is 21.7 Å². The van der Waals surface area contributed by atoms with Crippen molar-refractivity contribution in [3.63, 3.8) is 0 Å². The first-order valence-corrected chi connectivity index (χ1v) is 11.2. The van der Waals surface area contributed by atoms with Crippen molar-refractivity contribution in [2.45, 2.75) is 45.1 Å². The van der Waals surface area contributed by atoms with Gasteiger partial charge in [-0.1, -0.05) is 73.4 Å². The standard InChI is InChI=1S/C24H22N2O2S2/c1-13-10-11-15-18-16(13)17(19-20(27)25-22(29)30-19)21(28)26(18)23(2,3)12-24(15,4)14-8-6-5-7-9-14/h5-11H,12H2,1-4H3,(H,25,27,29)/b19-17-. The Balaban J connectivity index is 1.86. The number of rotatable bonds is 1. The zero-order valence-corrected chi connectivity index (χ0v) is 19.0. The van der Waals surface area contributed by atoms with E-state index >= 15 is 0 Å². The molecular weight excluding hydrogens is 412 g/mol. The van der Waals surface area contributed by atoms with Crippen LogP contribution in [0.5, 0.6) is 0 Å². The normalized spacial score (nSPS) is 26.8. The topological polar surface area (TPSA) is 49.4 Å². The molecule has 152 valence electrons. The molecule has 1 N–H and O–H groups in total. The van der Waals surface area contributed by atoms with Crippen molar-refractivity contribution < 1.29 is 9.59 Å². The Morgan fingerprint density at radius 1 is 1.07 bits per heavy atom.